The SMILES string of the molecule is CCS(=O)CCNC(=O)C(=O)NN. The third-order valence-electron chi connectivity index (χ3n) is 1.27. The summed E-state index contributed by atoms with van der Waals surface area (Å²) < 4.78 is 10.9. The highest BCUT2D eigenvalue weighted by molar-refractivity contribution is 7.84. The fourth-order valence-corrected chi connectivity index (χ4v) is 1.19. The highest BCUT2D eigenvalue weighted by Crippen LogP contribution is 1.78. The topological polar surface area (TPSA) is 101 Å². The summed E-state index contributed by atoms with van der Waals surface area (Å²) in [6, 6.07) is 0. The van der Waals surface area contributed by atoms with Gasteiger partial charge in [0.25, 0.3) is 0 Å². The van der Waals surface area contributed by atoms with Crippen LogP contribution < -0.4 is 16.6 Å². The molecule has 0 aliphatic heterocycles. The Kier molecular flexibility index (Phi) is 6.07. The van der Waals surface area contributed by atoms with Gasteiger partial charge in [-0.25, -0.2) is 5.84 Å². The van der Waals surface area contributed by atoms with Crippen LogP contribution in [0.3, 0.4) is 0 Å². The number of nitrogens with one attached hydrogen (secondary N) is 2. The molecule has 0 aromatic heterocycles. The molecule has 0 aromatic carbocycles. The van der Waals surface area contributed by atoms with E-state index in [9.17, 15) is 13.8 Å². The number of nitrogens with two attached hydrogens (primary N) is 1. The molecule has 2 amide bonds. The maximum Gasteiger partial charge on any atom is 0.323 e. The molecule has 0 radical (unpaired) electrons. The predicted octanol–water partition coefficient (Wildman–Crippen LogP) is -2.14. The van der Waals surface area contributed by atoms with Crippen LogP contribution in [0, 0.1) is 0 Å². The summed E-state index contributed by atoms with van der Waals surface area (Å²) in [5.41, 5.74) is 1.69. The molecule has 76 valence electrons. The van der Waals surface area contributed by atoms with Crippen molar-refractivity contribution in [1.29, 1.82) is 0 Å². The van der Waals surface area contributed by atoms with Gasteiger partial charge in [0, 0.05) is 28.9 Å². The smallest absolute Gasteiger partial charge is 0.323 e. The Labute approximate surface area is 78.7 Å². The van der Waals surface area contributed by atoms with Gasteiger partial charge in [0.05, 0.1) is 0 Å². The van der Waals surface area contributed by atoms with Gasteiger partial charge in [-0.2, -0.15) is 0 Å². The zero-order chi connectivity index (χ0) is 10.3. The molecule has 1 atom stereocenters. The number of rotatable bonds is 4. The maximum atomic E-state index is 10.9. The number of hydrazine groups is 1. The van der Waals surface area contributed by atoms with E-state index in [1.165, 1.54) is 0 Å². The van der Waals surface area contributed by atoms with Crippen molar-refractivity contribution in [2.45, 2.75) is 6.92 Å². The highest BCUT2D eigenvalue weighted by atomic mass is 32.2. The minimum atomic E-state index is -0.936. The molecule has 7 heteroatoms. The van der Waals surface area contributed by atoms with E-state index in [4.69, 9.17) is 5.84 Å². The van der Waals surface area contributed by atoms with Crippen LogP contribution in [0.25, 0.3) is 0 Å². The summed E-state index contributed by atoms with van der Waals surface area (Å²) in [7, 11) is -0.936. The van der Waals surface area contributed by atoms with Crippen LogP contribution in [0.15, 0.2) is 0 Å². The maximum absolute atomic E-state index is 10.9. The third kappa shape index (κ3) is 5.31. The monoisotopic (exact) mass is 207 g/mol. The lowest BCUT2D eigenvalue weighted by molar-refractivity contribution is -0.139. The number of amides is 2. The van der Waals surface area contributed by atoms with Crippen molar-refractivity contribution < 1.29 is 13.8 Å². The molecule has 13 heavy (non-hydrogen) atoms. The van der Waals surface area contributed by atoms with Gasteiger partial charge in [-0.15, -0.1) is 0 Å². The van der Waals surface area contributed by atoms with Crippen molar-refractivity contribution in [2.24, 2.45) is 5.84 Å². The van der Waals surface area contributed by atoms with E-state index in [-0.39, 0.29) is 6.54 Å². The molecule has 0 aliphatic rings. The minimum Gasteiger partial charge on any atom is -0.347 e. The molecule has 0 rings (SSSR count). The van der Waals surface area contributed by atoms with Crippen LogP contribution >= 0.6 is 0 Å². The van der Waals surface area contributed by atoms with E-state index in [2.05, 4.69) is 5.32 Å². The van der Waals surface area contributed by atoms with Crippen LogP contribution in [-0.4, -0.2) is 34.1 Å². The number of carbonyl (C=O) groups is 2. The summed E-state index contributed by atoms with van der Waals surface area (Å²) in [6.07, 6.45) is 0. The molecular formula is C6H13N3O3S. The lowest BCUT2D eigenvalue weighted by atomic mass is 10.5. The Balaban J connectivity index is 3.59. The number of carbonyl (C=O) groups excluding carboxylic acids is 2. The van der Waals surface area contributed by atoms with Gasteiger partial charge in [0.15, 0.2) is 0 Å². The van der Waals surface area contributed by atoms with Crippen molar-refractivity contribution in [2.75, 3.05) is 18.1 Å². The summed E-state index contributed by atoms with van der Waals surface area (Å²) in [5, 5.41) is 2.27. The van der Waals surface area contributed by atoms with Crippen molar-refractivity contribution in [3.63, 3.8) is 0 Å². The first kappa shape index (κ1) is 12.0. The summed E-state index contributed by atoms with van der Waals surface area (Å²) in [5.74, 6) is 3.89. The Bertz CT molecular complexity index is 219. The second-order valence-corrected chi connectivity index (χ2v) is 4.03. The summed E-state index contributed by atoms with van der Waals surface area (Å²) in [6.45, 7) is 2.00. The average Bonchev–Trinajstić information content (AvgIpc) is 2.15. The predicted molar refractivity (Wildman–Crippen MR) is 48.9 cm³/mol. The quantitative estimate of drug-likeness (QED) is 0.212. The van der Waals surface area contributed by atoms with Gasteiger partial charge >= 0.3 is 11.8 Å². The van der Waals surface area contributed by atoms with Crippen LogP contribution in [0.5, 0.6) is 0 Å². The van der Waals surface area contributed by atoms with Crippen molar-refractivity contribution >= 4 is 22.6 Å². The molecule has 1 unspecified atom stereocenters. The normalized spacial score (nSPS) is 11.8. The molecular weight excluding hydrogens is 194 g/mol. The number of hydrogen-bond acceptors (Lipinski definition) is 4. The van der Waals surface area contributed by atoms with Gasteiger partial charge in [0.2, 0.25) is 0 Å². The van der Waals surface area contributed by atoms with Crippen LogP contribution in [-0.2, 0) is 20.4 Å². The molecule has 0 aliphatic carbocycles. The van der Waals surface area contributed by atoms with Crippen molar-refractivity contribution in [1.82, 2.24) is 10.7 Å². The van der Waals surface area contributed by atoms with E-state index in [0.29, 0.717) is 11.5 Å². The summed E-state index contributed by atoms with van der Waals surface area (Å²) in [4.78, 5) is 21.3. The standard InChI is InChI=1S/C6H13N3O3S/c1-2-13(12)4-3-8-5(10)6(11)9-7/h2-4,7H2,1H3,(H,8,10)(H,9,11). The minimum absolute atomic E-state index is 0.215. The van der Waals surface area contributed by atoms with Crippen molar-refractivity contribution in [3.8, 4) is 0 Å². The summed E-state index contributed by atoms with van der Waals surface area (Å²) >= 11 is 0. The Morgan fingerprint density at radius 1 is 1.38 bits per heavy atom. The first-order chi connectivity index (χ1) is 6.11. The van der Waals surface area contributed by atoms with Crippen molar-refractivity contribution in [3.05, 3.63) is 0 Å². The van der Waals surface area contributed by atoms with Gasteiger partial charge in [-0.3, -0.25) is 19.2 Å². The van der Waals surface area contributed by atoms with E-state index < -0.39 is 22.6 Å². The van der Waals surface area contributed by atoms with Crippen LogP contribution in [0.2, 0.25) is 0 Å². The molecule has 0 heterocycles. The largest absolute Gasteiger partial charge is 0.347 e. The molecule has 0 spiro atoms. The molecule has 0 saturated heterocycles. The second kappa shape index (κ2) is 6.55. The Morgan fingerprint density at radius 3 is 2.46 bits per heavy atom. The van der Waals surface area contributed by atoms with E-state index in [1.54, 1.807) is 12.3 Å². The van der Waals surface area contributed by atoms with Gasteiger partial charge < -0.3 is 5.32 Å². The molecule has 0 saturated carbocycles. The van der Waals surface area contributed by atoms with Gasteiger partial charge in [-0.1, -0.05) is 6.92 Å². The zero-order valence-corrected chi connectivity index (χ0v) is 8.15. The average molecular weight is 207 g/mol. The highest BCUT2D eigenvalue weighted by Gasteiger charge is 2.10. The fourth-order valence-electron chi connectivity index (χ4n) is 0.569. The zero-order valence-electron chi connectivity index (χ0n) is 7.33. The Hall–Kier alpha value is -0.950. The van der Waals surface area contributed by atoms with E-state index in [1.807, 2.05) is 0 Å². The van der Waals surface area contributed by atoms with E-state index >= 15 is 0 Å². The molecule has 0 fully saturated rings. The van der Waals surface area contributed by atoms with Gasteiger partial charge in [0.1, 0.15) is 0 Å². The molecule has 6 nitrogen and oxygen atoms in total. The number of hydrogen-bond donors (Lipinski definition) is 3. The van der Waals surface area contributed by atoms with Crippen LogP contribution in [0.4, 0.5) is 0 Å². The first-order valence-electron chi connectivity index (χ1n) is 3.75. The fraction of sp³-hybridized carbons (Fsp3) is 0.667. The van der Waals surface area contributed by atoms with Gasteiger partial charge in [-0.05, 0) is 0 Å². The molecule has 0 aromatic rings. The Morgan fingerprint density at radius 2 is 2.00 bits per heavy atom. The second-order valence-electron chi connectivity index (χ2n) is 2.16. The lowest BCUT2D eigenvalue weighted by Gasteiger charge is -2.02. The molecule has 0 bridgehead atoms. The van der Waals surface area contributed by atoms with E-state index in [0.717, 1.165) is 0 Å². The first-order valence-corrected chi connectivity index (χ1v) is 5.24. The lowest BCUT2D eigenvalue weighted by Crippen LogP contribution is -2.44. The third-order valence-corrected chi connectivity index (χ3v) is 2.58. The molecule has 4 N–H and O–H groups in total. The van der Waals surface area contributed by atoms with Crippen LogP contribution in [0.1, 0.15) is 6.92 Å².